The highest BCUT2D eigenvalue weighted by atomic mass is 32.1. The van der Waals surface area contributed by atoms with Crippen molar-refractivity contribution in [3.05, 3.63) is 17.5 Å². The first-order chi connectivity index (χ1) is 10.6. The summed E-state index contributed by atoms with van der Waals surface area (Å²) in [5, 5.41) is 16.3. The number of hydrogen-bond acceptors (Lipinski definition) is 8. The third-order valence-corrected chi connectivity index (χ3v) is 4.02. The maximum absolute atomic E-state index is 8.36. The molecule has 22 heavy (non-hydrogen) atoms. The molecule has 3 rings (SSSR count). The normalized spacial score (nSPS) is 16.7. The minimum absolute atomic E-state index is 0.250. The van der Waals surface area contributed by atoms with Crippen LogP contribution in [0.2, 0.25) is 0 Å². The average molecular weight is 326 g/mol. The van der Waals surface area contributed by atoms with Gasteiger partial charge in [0.05, 0.1) is 12.6 Å². The van der Waals surface area contributed by atoms with Gasteiger partial charge in [-0.1, -0.05) is 0 Å². The van der Waals surface area contributed by atoms with Gasteiger partial charge in [-0.15, -0.1) is 10.2 Å². The second kappa shape index (κ2) is 7.27. The Morgan fingerprint density at radius 2 is 2.23 bits per heavy atom. The summed E-state index contributed by atoms with van der Waals surface area (Å²) in [4.78, 5) is 15.0. The van der Waals surface area contributed by atoms with Gasteiger partial charge >= 0.3 is 0 Å². The minimum Gasteiger partial charge on any atom is -0.483 e. The zero-order valence-corrected chi connectivity index (χ0v) is 13.4. The summed E-state index contributed by atoms with van der Waals surface area (Å²) in [6, 6.07) is 0.299. The van der Waals surface area contributed by atoms with Gasteiger partial charge in [-0.2, -0.15) is 4.37 Å². The number of anilines is 1. The molecule has 0 saturated carbocycles. The SMILES string of the molecule is COCc1nnc2n1[C@@H](C)CN(c1nc(C)ns1)C2.O=CO. The lowest BCUT2D eigenvalue weighted by atomic mass is 10.2. The second-order valence-corrected chi connectivity index (χ2v) is 5.52. The molecule has 0 amide bonds. The van der Waals surface area contributed by atoms with Crippen molar-refractivity contribution in [2.45, 2.75) is 33.0 Å². The van der Waals surface area contributed by atoms with Crippen LogP contribution >= 0.6 is 11.5 Å². The third kappa shape index (κ3) is 3.39. The smallest absolute Gasteiger partial charge is 0.290 e. The van der Waals surface area contributed by atoms with Crippen molar-refractivity contribution in [1.82, 2.24) is 24.1 Å². The summed E-state index contributed by atoms with van der Waals surface area (Å²) in [6.45, 7) is 5.92. The van der Waals surface area contributed by atoms with Crippen LogP contribution in [0, 0.1) is 6.92 Å². The molecule has 0 aliphatic carbocycles. The predicted octanol–water partition coefficient (Wildman–Crippen LogP) is 0.866. The van der Waals surface area contributed by atoms with Crippen LogP contribution in [0.1, 0.15) is 30.4 Å². The Balaban J connectivity index is 0.000000545. The van der Waals surface area contributed by atoms with Gasteiger partial charge in [-0.25, -0.2) is 4.98 Å². The van der Waals surface area contributed by atoms with Crippen LogP contribution in [0.15, 0.2) is 0 Å². The Morgan fingerprint density at radius 1 is 1.50 bits per heavy atom. The summed E-state index contributed by atoms with van der Waals surface area (Å²) in [6.07, 6.45) is 0. The van der Waals surface area contributed by atoms with E-state index in [4.69, 9.17) is 14.6 Å². The summed E-state index contributed by atoms with van der Waals surface area (Å²) >= 11 is 1.43. The fourth-order valence-electron chi connectivity index (χ4n) is 2.40. The lowest BCUT2D eigenvalue weighted by Gasteiger charge is -2.31. The summed E-state index contributed by atoms with van der Waals surface area (Å²) in [7, 11) is 1.67. The number of hydrogen-bond donors (Lipinski definition) is 1. The molecular weight excluding hydrogens is 308 g/mol. The van der Waals surface area contributed by atoms with E-state index < -0.39 is 0 Å². The Kier molecular flexibility index (Phi) is 5.39. The Morgan fingerprint density at radius 3 is 2.82 bits per heavy atom. The second-order valence-electron chi connectivity index (χ2n) is 4.79. The van der Waals surface area contributed by atoms with Gasteiger partial charge in [0.15, 0.2) is 11.6 Å². The quantitative estimate of drug-likeness (QED) is 0.828. The van der Waals surface area contributed by atoms with Crippen LogP contribution in [0.25, 0.3) is 0 Å². The number of aryl methyl sites for hydroxylation is 1. The third-order valence-electron chi connectivity index (χ3n) is 3.16. The van der Waals surface area contributed by atoms with Crippen molar-refractivity contribution in [2.75, 3.05) is 18.6 Å². The molecule has 3 heterocycles. The van der Waals surface area contributed by atoms with Crippen LogP contribution in [0.4, 0.5) is 5.13 Å². The molecule has 2 aromatic heterocycles. The van der Waals surface area contributed by atoms with Gasteiger partial charge in [0.1, 0.15) is 12.4 Å². The van der Waals surface area contributed by atoms with E-state index in [0.29, 0.717) is 12.6 Å². The standard InChI is InChI=1S/C11H16N6OS.CH2O2/c1-7-4-16(11-12-8(2)15-19-11)5-9-13-14-10(6-18-3)17(7)9;2-1-3/h7H,4-6H2,1-3H3;1H,(H,2,3)/t7-;/m0./s1. The fraction of sp³-hybridized carbons (Fsp3) is 0.583. The molecule has 10 heteroatoms. The molecule has 0 radical (unpaired) electrons. The zero-order valence-electron chi connectivity index (χ0n) is 12.6. The van der Waals surface area contributed by atoms with Gasteiger partial charge in [-0.3, -0.25) is 4.79 Å². The zero-order chi connectivity index (χ0) is 16.1. The van der Waals surface area contributed by atoms with E-state index in [9.17, 15) is 0 Å². The highest BCUT2D eigenvalue weighted by Gasteiger charge is 2.27. The first-order valence-electron chi connectivity index (χ1n) is 6.65. The Hall–Kier alpha value is -2.07. The number of carboxylic acid groups (broad SMARTS) is 1. The molecule has 2 aromatic rings. The van der Waals surface area contributed by atoms with E-state index in [0.717, 1.165) is 35.7 Å². The van der Waals surface area contributed by atoms with E-state index in [2.05, 4.69) is 35.9 Å². The highest BCUT2D eigenvalue weighted by Crippen LogP contribution is 2.27. The lowest BCUT2D eigenvalue weighted by molar-refractivity contribution is -0.122. The largest absolute Gasteiger partial charge is 0.483 e. The number of fused-ring (bicyclic) bond motifs is 1. The van der Waals surface area contributed by atoms with E-state index in [1.807, 2.05) is 6.92 Å². The van der Waals surface area contributed by atoms with Crippen LogP contribution in [0.5, 0.6) is 0 Å². The number of ether oxygens (including phenoxy) is 1. The summed E-state index contributed by atoms with van der Waals surface area (Å²) < 4.78 is 11.6. The number of methoxy groups -OCH3 is 1. The number of carbonyl (C=O) groups is 1. The highest BCUT2D eigenvalue weighted by molar-refractivity contribution is 7.09. The van der Waals surface area contributed by atoms with E-state index >= 15 is 0 Å². The number of nitrogens with zero attached hydrogens (tertiary/aromatic N) is 6. The predicted molar refractivity (Wildman–Crippen MR) is 79.8 cm³/mol. The van der Waals surface area contributed by atoms with Crippen LogP contribution in [0.3, 0.4) is 0 Å². The maximum Gasteiger partial charge on any atom is 0.290 e. The Bertz CT molecular complexity index is 628. The van der Waals surface area contributed by atoms with Crippen molar-refractivity contribution >= 4 is 23.1 Å². The van der Waals surface area contributed by atoms with E-state index in [1.165, 1.54) is 11.5 Å². The van der Waals surface area contributed by atoms with Crippen molar-refractivity contribution in [3.8, 4) is 0 Å². The maximum atomic E-state index is 8.36. The van der Waals surface area contributed by atoms with Gasteiger partial charge in [0.25, 0.3) is 6.47 Å². The molecule has 0 fully saturated rings. The first-order valence-corrected chi connectivity index (χ1v) is 7.42. The molecule has 1 aliphatic rings. The van der Waals surface area contributed by atoms with Crippen molar-refractivity contribution in [2.24, 2.45) is 0 Å². The molecule has 0 aromatic carbocycles. The minimum atomic E-state index is -0.250. The average Bonchev–Trinajstić information content (AvgIpc) is 3.07. The fourth-order valence-corrected chi connectivity index (χ4v) is 3.08. The molecular formula is C12H18N6O3S. The van der Waals surface area contributed by atoms with Crippen LogP contribution in [-0.2, 0) is 22.7 Å². The molecule has 1 N–H and O–H groups in total. The Labute approximate surface area is 131 Å². The van der Waals surface area contributed by atoms with Gasteiger partial charge in [0, 0.05) is 25.2 Å². The molecule has 0 bridgehead atoms. The number of aromatic nitrogens is 5. The lowest BCUT2D eigenvalue weighted by Crippen LogP contribution is -2.37. The van der Waals surface area contributed by atoms with Crippen molar-refractivity contribution in [1.29, 1.82) is 0 Å². The first kappa shape index (κ1) is 16.3. The van der Waals surface area contributed by atoms with Gasteiger partial charge in [0.2, 0.25) is 5.13 Å². The van der Waals surface area contributed by atoms with Crippen molar-refractivity contribution < 1.29 is 14.6 Å². The molecule has 1 atom stereocenters. The topological polar surface area (TPSA) is 106 Å². The molecule has 0 unspecified atom stereocenters. The van der Waals surface area contributed by atoms with Crippen LogP contribution < -0.4 is 4.90 Å². The van der Waals surface area contributed by atoms with Crippen LogP contribution in [-0.4, -0.2) is 49.4 Å². The molecule has 1 aliphatic heterocycles. The van der Waals surface area contributed by atoms with Crippen molar-refractivity contribution in [3.63, 3.8) is 0 Å². The molecule has 0 saturated heterocycles. The molecule has 9 nitrogen and oxygen atoms in total. The molecule has 0 spiro atoms. The number of rotatable bonds is 3. The van der Waals surface area contributed by atoms with Gasteiger partial charge in [-0.05, 0) is 13.8 Å². The monoisotopic (exact) mass is 326 g/mol. The molecule has 120 valence electrons. The summed E-state index contributed by atoms with van der Waals surface area (Å²) in [5.74, 6) is 2.66. The van der Waals surface area contributed by atoms with Gasteiger partial charge < -0.3 is 19.3 Å². The summed E-state index contributed by atoms with van der Waals surface area (Å²) in [5.41, 5.74) is 0. The van der Waals surface area contributed by atoms with E-state index in [-0.39, 0.29) is 6.47 Å². The van der Waals surface area contributed by atoms with E-state index in [1.54, 1.807) is 7.11 Å².